The minimum atomic E-state index is -0.219. The fourth-order valence-electron chi connectivity index (χ4n) is 2.43. The van der Waals surface area contributed by atoms with Crippen LogP contribution in [0.2, 0.25) is 5.02 Å². The molecule has 0 atom stereocenters. The second kappa shape index (κ2) is 6.26. The van der Waals surface area contributed by atoms with Crippen LogP contribution in [0.25, 0.3) is 11.3 Å². The molecule has 0 aliphatic heterocycles. The maximum absolute atomic E-state index is 12.4. The Kier molecular flexibility index (Phi) is 4.17. The van der Waals surface area contributed by atoms with E-state index in [9.17, 15) is 4.79 Å². The van der Waals surface area contributed by atoms with Gasteiger partial charge in [-0.15, -0.1) is 0 Å². The maximum Gasteiger partial charge on any atom is 0.273 e. The van der Waals surface area contributed by atoms with Crippen LogP contribution in [0.3, 0.4) is 0 Å². The number of benzene rings is 2. The fraction of sp³-hybridized carbons (Fsp3) is 0.111. The number of rotatable bonds is 3. The standard InChI is InChI=1S/C18H16ClN3O/c1-11-5-3-6-12(2)17(11)20-18(23)16-10-15(21-22-16)13-7-4-8-14(19)9-13/h3-10H,1-2H3,(H,20,23)(H,21,22). The van der Waals surface area contributed by atoms with Gasteiger partial charge in [-0.25, -0.2) is 0 Å². The summed E-state index contributed by atoms with van der Waals surface area (Å²) in [6.07, 6.45) is 0. The van der Waals surface area contributed by atoms with E-state index < -0.39 is 0 Å². The monoisotopic (exact) mass is 325 g/mol. The van der Waals surface area contributed by atoms with Gasteiger partial charge in [0.15, 0.2) is 0 Å². The number of aromatic nitrogens is 2. The van der Waals surface area contributed by atoms with Crippen LogP contribution in [0.5, 0.6) is 0 Å². The van der Waals surface area contributed by atoms with E-state index in [1.807, 2.05) is 50.2 Å². The molecule has 1 aromatic heterocycles. The molecule has 3 rings (SSSR count). The second-order valence-electron chi connectivity index (χ2n) is 5.40. The number of hydrogen-bond donors (Lipinski definition) is 2. The van der Waals surface area contributed by atoms with Crippen molar-refractivity contribution in [2.24, 2.45) is 0 Å². The predicted molar refractivity (Wildman–Crippen MR) is 92.9 cm³/mol. The number of aryl methyl sites for hydroxylation is 2. The van der Waals surface area contributed by atoms with Crippen LogP contribution in [0.1, 0.15) is 21.6 Å². The zero-order valence-electron chi connectivity index (χ0n) is 12.9. The Labute approximate surface area is 139 Å². The Morgan fingerprint density at radius 1 is 1.09 bits per heavy atom. The summed E-state index contributed by atoms with van der Waals surface area (Å²) < 4.78 is 0. The molecular weight excluding hydrogens is 310 g/mol. The van der Waals surface area contributed by atoms with Gasteiger partial charge in [0.05, 0.1) is 5.69 Å². The third-order valence-electron chi connectivity index (χ3n) is 3.66. The summed E-state index contributed by atoms with van der Waals surface area (Å²) in [6.45, 7) is 3.93. The Bertz CT molecular complexity index is 850. The lowest BCUT2D eigenvalue weighted by Gasteiger charge is -2.10. The van der Waals surface area contributed by atoms with Crippen molar-refractivity contribution in [1.29, 1.82) is 0 Å². The summed E-state index contributed by atoms with van der Waals surface area (Å²) in [5.74, 6) is -0.219. The number of para-hydroxylation sites is 1. The second-order valence-corrected chi connectivity index (χ2v) is 5.83. The number of halogens is 1. The molecule has 0 aliphatic rings. The van der Waals surface area contributed by atoms with Crippen molar-refractivity contribution in [2.45, 2.75) is 13.8 Å². The van der Waals surface area contributed by atoms with E-state index in [0.29, 0.717) is 16.4 Å². The van der Waals surface area contributed by atoms with Crippen molar-refractivity contribution in [3.05, 3.63) is 70.4 Å². The van der Waals surface area contributed by atoms with Crippen LogP contribution >= 0.6 is 11.6 Å². The molecule has 0 unspecified atom stereocenters. The van der Waals surface area contributed by atoms with E-state index in [0.717, 1.165) is 22.4 Å². The Morgan fingerprint density at radius 2 is 1.78 bits per heavy atom. The van der Waals surface area contributed by atoms with Crippen molar-refractivity contribution < 1.29 is 4.79 Å². The molecule has 5 heteroatoms. The minimum absolute atomic E-state index is 0.219. The summed E-state index contributed by atoms with van der Waals surface area (Å²) in [7, 11) is 0. The number of nitrogens with zero attached hydrogens (tertiary/aromatic N) is 1. The third kappa shape index (κ3) is 3.27. The van der Waals surface area contributed by atoms with E-state index in [4.69, 9.17) is 11.6 Å². The topological polar surface area (TPSA) is 57.8 Å². The summed E-state index contributed by atoms with van der Waals surface area (Å²) in [5.41, 5.74) is 4.82. The van der Waals surface area contributed by atoms with Crippen LogP contribution in [-0.4, -0.2) is 16.1 Å². The first-order valence-corrected chi connectivity index (χ1v) is 7.61. The van der Waals surface area contributed by atoms with Crippen LogP contribution < -0.4 is 5.32 Å². The molecule has 0 spiro atoms. The van der Waals surface area contributed by atoms with Crippen molar-refractivity contribution in [3.8, 4) is 11.3 Å². The van der Waals surface area contributed by atoms with Gasteiger partial charge >= 0.3 is 0 Å². The van der Waals surface area contributed by atoms with Gasteiger partial charge in [-0.3, -0.25) is 9.89 Å². The normalized spacial score (nSPS) is 10.6. The summed E-state index contributed by atoms with van der Waals surface area (Å²) in [6, 6.07) is 15.0. The predicted octanol–water partition coefficient (Wildman–Crippen LogP) is 4.60. The molecule has 0 saturated heterocycles. The smallest absolute Gasteiger partial charge is 0.273 e. The molecule has 0 fully saturated rings. The summed E-state index contributed by atoms with van der Waals surface area (Å²) >= 11 is 5.99. The third-order valence-corrected chi connectivity index (χ3v) is 3.90. The van der Waals surface area contributed by atoms with Gasteiger partial charge in [0.2, 0.25) is 0 Å². The highest BCUT2D eigenvalue weighted by Crippen LogP contribution is 2.23. The highest BCUT2D eigenvalue weighted by atomic mass is 35.5. The van der Waals surface area contributed by atoms with E-state index in [2.05, 4.69) is 15.5 Å². The molecule has 0 bridgehead atoms. The van der Waals surface area contributed by atoms with Gasteiger partial charge < -0.3 is 5.32 Å². The number of hydrogen-bond acceptors (Lipinski definition) is 2. The number of carbonyl (C=O) groups is 1. The lowest BCUT2D eigenvalue weighted by atomic mass is 10.1. The molecule has 116 valence electrons. The molecule has 23 heavy (non-hydrogen) atoms. The zero-order chi connectivity index (χ0) is 16.4. The van der Waals surface area contributed by atoms with Crippen LogP contribution in [0, 0.1) is 13.8 Å². The quantitative estimate of drug-likeness (QED) is 0.739. The van der Waals surface area contributed by atoms with Gasteiger partial charge in [0.25, 0.3) is 5.91 Å². The molecule has 0 saturated carbocycles. The van der Waals surface area contributed by atoms with Gasteiger partial charge in [0.1, 0.15) is 5.69 Å². The summed E-state index contributed by atoms with van der Waals surface area (Å²) in [5, 5.41) is 10.5. The molecule has 4 nitrogen and oxygen atoms in total. The van der Waals surface area contributed by atoms with Gasteiger partial charge in [0, 0.05) is 16.3 Å². The fourth-order valence-corrected chi connectivity index (χ4v) is 2.62. The van der Waals surface area contributed by atoms with E-state index in [1.54, 1.807) is 12.1 Å². The largest absolute Gasteiger partial charge is 0.320 e. The van der Waals surface area contributed by atoms with Crippen molar-refractivity contribution in [1.82, 2.24) is 10.2 Å². The van der Waals surface area contributed by atoms with Crippen LogP contribution in [-0.2, 0) is 0 Å². The zero-order valence-corrected chi connectivity index (χ0v) is 13.6. The molecule has 2 N–H and O–H groups in total. The first-order chi connectivity index (χ1) is 11.0. The number of anilines is 1. The number of carbonyl (C=O) groups excluding carboxylic acids is 1. The Hall–Kier alpha value is -2.59. The minimum Gasteiger partial charge on any atom is -0.320 e. The van der Waals surface area contributed by atoms with E-state index >= 15 is 0 Å². The molecule has 1 heterocycles. The average molecular weight is 326 g/mol. The van der Waals surface area contributed by atoms with Crippen LogP contribution in [0.15, 0.2) is 48.5 Å². The molecule has 0 aliphatic carbocycles. The number of aromatic amines is 1. The van der Waals surface area contributed by atoms with Gasteiger partial charge in [-0.2, -0.15) is 5.10 Å². The number of amides is 1. The highest BCUT2D eigenvalue weighted by molar-refractivity contribution is 6.30. The number of H-pyrrole nitrogens is 1. The van der Waals surface area contributed by atoms with E-state index in [-0.39, 0.29) is 5.91 Å². The molecule has 1 amide bonds. The number of nitrogens with one attached hydrogen (secondary N) is 2. The van der Waals surface area contributed by atoms with Crippen molar-refractivity contribution in [2.75, 3.05) is 5.32 Å². The van der Waals surface area contributed by atoms with Crippen molar-refractivity contribution in [3.63, 3.8) is 0 Å². The highest BCUT2D eigenvalue weighted by Gasteiger charge is 2.13. The SMILES string of the molecule is Cc1cccc(C)c1NC(=O)c1cc(-c2cccc(Cl)c2)n[nH]1. The van der Waals surface area contributed by atoms with Gasteiger partial charge in [-0.1, -0.05) is 41.9 Å². The molecule has 2 aromatic carbocycles. The average Bonchev–Trinajstić information content (AvgIpc) is 3.01. The van der Waals surface area contributed by atoms with E-state index in [1.165, 1.54) is 0 Å². The molecule has 3 aromatic rings. The lowest BCUT2D eigenvalue weighted by Crippen LogP contribution is -2.14. The van der Waals surface area contributed by atoms with Gasteiger partial charge in [-0.05, 0) is 43.2 Å². The summed E-state index contributed by atoms with van der Waals surface area (Å²) in [4.78, 5) is 12.4. The lowest BCUT2D eigenvalue weighted by molar-refractivity contribution is 0.102. The van der Waals surface area contributed by atoms with Crippen LogP contribution in [0.4, 0.5) is 5.69 Å². The Balaban J connectivity index is 1.84. The molecular formula is C18H16ClN3O. The first-order valence-electron chi connectivity index (χ1n) is 7.23. The maximum atomic E-state index is 12.4. The Morgan fingerprint density at radius 3 is 2.48 bits per heavy atom. The molecule has 0 radical (unpaired) electrons. The van der Waals surface area contributed by atoms with Crippen molar-refractivity contribution >= 4 is 23.2 Å². The first kappa shape index (κ1) is 15.3.